The lowest BCUT2D eigenvalue weighted by atomic mass is 10.0. The standard InChI is InChI=1S/C22H17F3N2O/c23-19-6-7-20(24)17(13-19)5-9-22(28)26-11-10-15-2-1-3-16(12-15)18-4-8-21(25)27-14-18/h1-9,12-14H,10-11H2,(H,26,28)/b9-5+. The maximum atomic E-state index is 13.5. The quantitative estimate of drug-likeness (QED) is 0.502. The average molecular weight is 382 g/mol. The number of nitrogens with one attached hydrogen (secondary N) is 1. The van der Waals surface area contributed by atoms with Crippen LogP contribution in [0.5, 0.6) is 0 Å². The summed E-state index contributed by atoms with van der Waals surface area (Å²) in [5.74, 6) is -2.11. The molecule has 2 aromatic carbocycles. The van der Waals surface area contributed by atoms with Crippen LogP contribution in [-0.4, -0.2) is 17.4 Å². The van der Waals surface area contributed by atoms with E-state index in [1.165, 1.54) is 24.4 Å². The molecule has 1 N–H and O–H groups in total. The lowest BCUT2D eigenvalue weighted by Gasteiger charge is -2.06. The van der Waals surface area contributed by atoms with E-state index in [4.69, 9.17) is 0 Å². The van der Waals surface area contributed by atoms with Gasteiger partial charge < -0.3 is 5.32 Å². The largest absolute Gasteiger partial charge is 0.352 e. The topological polar surface area (TPSA) is 42.0 Å². The fourth-order valence-corrected chi connectivity index (χ4v) is 2.65. The van der Waals surface area contributed by atoms with Gasteiger partial charge in [0.25, 0.3) is 0 Å². The van der Waals surface area contributed by atoms with Crippen LogP contribution in [0.4, 0.5) is 13.2 Å². The van der Waals surface area contributed by atoms with Crippen molar-refractivity contribution in [3.05, 3.63) is 95.6 Å². The fourth-order valence-electron chi connectivity index (χ4n) is 2.65. The van der Waals surface area contributed by atoms with Gasteiger partial charge in [0.1, 0.15) is 11.6 Å². The molecule has 3 rings (SSSR count). The van der Waals surface area contributed by atoms with Crippen LogP contribution < -0.4 is 5.32 Å². The molecule has 0 radical (unpaired) electrons. The van der Waals surface area contributed by atoms with Crippen LogP contribution >= 0.6 is 0 Å². The van der Waals surface area contributed by atoms with Crippen molar-refractivity contribution >= 4 is 12.0 Å². The maximum Gasteiger partial charge on any atom is 0.244 e. The molecule has 0 aliphatic carbocycles. The first-order valence-electron chi connectivity index (χ1n) is 8.63. The van der Waals surface area contributed by atoms with Gasteiger partial charge in [0.2, 0.25) is 11.9 Å². The number of pyridine rings is 1. The molecule has 0 saturated heterocycles. The smallest absolute Gasteiger partial charge is 0.244 e. The molecule has 0 fully saturated rings. The van der Waals surface area contributed by atoms with Crippen molar-refractivity contribution in [1.29, 1.82) is 0 Å². The van der Waals surface area contributed by atoms with Crippen molar-refractivity contribution in [1.82, 2.24) is 10.3 Å². The number of aromatic nitrogens is 1. The Morgan fingerprint density at radius 1 is 1.00 bits per heavy atom. The Hall–Kier alpha value is -3.41. The summed E-state index contributed by atoms with van der Waals surface area (Å²) in [5, 5.41) is 2.70. The molecule has 3 aromatic rings. The Morgan fingerprint density at radius 2 is 1.86 bits per heavy atom. The lowest BCUT2D eigenvalue weighted by molar-refractivity contribution is -0.116. The lowest BCUT2D eigenvalue weighted by Crippen LogP contribution is -2.23. The van der Waals surface area contributed by atoms with Gasteiger partial charge in [0.05, 0.1) is 0 Å². The van der Waals surface area contributed by atoms with Crippen LogP contribution in [-0.2, 0) is 11.2 Å². The van der Waals surface area contributed by atoms with Gasteiger partial charge in [-0.3, -0.25) is 4.79 Å². The molecule has 3 nitrogen and oxygen atoms in total. The highest BCUT2D eigenvalue weighted by molar-refractivity contribution is 5.91. The van der Waals surface area contributed by atoms with Gasteiger partial charge in [-0.05, 0) is 54.0 Å². The Labute approximate surface area is 160 Å². The minimum absolute atomic E-state index is 0.00996. The van der Waals surface area contributed by atoms with E-state index in [0.717, 1.165) is 34.9 Å². The van der Waals surface area contributed by atoms with E-state index in [0.29, 0.717) is 13.0 Å². The monoisotopic (exact) mass is 382 g/mol. The number of hydrogen-bond donors (Lipinski definition) is 1. The normalized spacial score (nSPS) is 11.0. The van der Waals surface area contributed by atoms with E-state index >= 15 is 0 Å². The van der Waals surface area contributed by atoms with E-state index in [9.17, 15) is 18.0 Å². The van der Waals surface area contributed by atoms with E-state index in [2.05, 4.69) is 10.3 Å². The SMILES string of the molecule is O=C(/C=C/c1cc(F)ccc1F)NCCc1cccc(-c2ccc(F)nc2)c1. The summed E-state index contributed by atoms with van der Waals surface area (Å²) in [6.45, 7) is 0.375. The number of benzene rings is 2. The molecule has 0 bridgehead atoms. The van der Waals surface area contributed by atoms with Gasteiger partial charge in [-0.25, -0.2) is 13.8 Å². The van der Waals surface area contributed by atoms with E-state index in [1.54, 1.807) is 6.07 Å². The van der Waals surface area contributed by atoms with Gasteiger partial charge in [0, 0.05) is 29.9 Å². The Kier molecular flexibility index (Phi) is 6.22. The first kappa shape index (κ1) is 19.4. The highest BCUT2D eigenvalue weighted by atomic mass is 19.1. The molecule has 0 unspecified atom stereocenters. The summed E-state index contributed by atoms with van der Waals surface area (Å²) in [4.78, 5) is 15.5. The summed E-state index contributed by atoms with van der Waals surface area (Å²) in [6.07, 6.45) is 4.44. The van der Waals surface area contributed by atoms with Gasteiger partial charge >= 0.3 is 0 Å². The molecule has 0 spiro atoms. The van der Waals surface area contributed by atoms with Crippen molar-refractivity contribution in [2.24, 2.45) is 0 Å². The first-order valence-corrected chi connectivity index (χ1v) is 8.63. The Bertz CT molecular complexity index is 1000. The second-order valence-corrected chi connectivity index (χ2v) is 6.11. The van der Waals surface area contributed by atoms with Crippen LogP contribution in [0.1, 0.15) is 11.1 Å². The molecule has 0 atom stereocenters. The Balaban J connectivity index is 1.55. The summed E-state index contributed by atoms with van der Waals surface area (Å²) >= 11 is 0. The maximum absolute atomic E-state index is 13.5. The first-order chi connectivity index (χ1) is 13.5. The molecule has 1 heterocycles. The summed E-state index contributed by atoms with van der Waals surface area (Å²) in [7, 11) is 0. The molecule has 0 saturated carbocycles. The van der Waals surface area contributed by atoms with Gasteiger partial charge in [0.15, 0.2) is 0 Å². The van der Waals surface area contributed by atoms with Crippen LogP contribution in [0.25, 0.3) is 17.2 Å². The summed E-state index contributed by atoms with van der Waals surface area (Å²) in [6, 6.07) is 13.6. The molecule has 28 heavy (non-hydrogen) atoms. The predicted octanol–water partition coefficient (Wildman–Crippen LogP) is 4.54. The molecular weight excluding hydrogens is 365 g/mol. The third-order valence-corrected chi connectivity index (χ3v) is 4.07. The molecule has 1 amide bonds. The van der Waals surface area contributed by atoms with Crippen molar-refractivity contribution in [2.75, 3.05) is 6.54 Å². The number of halogens is 3. The van der Waals surface area contributed by atoms with E-state index in [-0.39, 0.29) is 5.56 Å². The third kappa shape index (κ3) is 5.30. The van der Waals surface area contributed by atoms with Gasteiger partial charge in [-0.2, -0.15) is 4.39 Å². The van der Waals surface area contributed by atoms with Crippen molar-refractivity contribution in [3.8, 4) is 11.1 Å². The van der Waals surface area contributed by atoms with Gasteiger partial charge in [-0.15, -0.1) is 0 Å². The predicted molar refractivity (Wildman–Crippen MR) is 102 cm³/mol. The molecular formula is C22H17F3N2O. The van der Waals surface area contributed by atoms with Crippen LogP contribution in [0.2, 0.25) is 0 Å². The van der Waals surface area contributed by atoms with Crippen LogP contribution in [0.15, 0.2) is 66.9 Å². The van der Waals surface area contributed by atoms with Crippen LogP contribution in [0.3, 0.4) is 0 Å². The zero-order valence-corrected chi connectivity index (χ0v) is 14.8. The van der Waals surface area contributed by atoms with E-state index < -0.39 is 23.5 Å². The zero-order chi connectivity index (χ0) is 19.9. The second-order valence-electron chi connectivity index (χ2n) is 6.11. The summed E-state index contributed by atoms with van der Waals surface area (Å²) in [5.41, 5.74) is 2.70. The van der Waals surface area contributed by atoms with Crippen molar-refractivity contribution in [2.45, 2.75) is 6.42 Å². The molecule has 6 heteroatoms. The number of carbonyl (C=O) groups is 1. The number of hydrogen-bond acceptors (Lipinski definition) is 2. The minimum Gasteiger partial charge on any atom is -0.352 e. The van der Waals surface area contributed by atoms with Crippen LogP contribution in [0, 0.1) is 17.6 Å². The van der Waals surface area contributed by atoms with Gasteiger partial charge in [-0.1, -0.05) is 24.3 Å². The second kappa shape index (κ2) is 8.99. The van der Waals surface area contributed by atoms with Crippen molar-refractivity contribution < 1.29 is 18.0 Å². The van der Waals surface area contributed by atoms with Crippen molar-refractivity contribution in [3.63, 3.8) is 0 Å². The van der Waals surface area contributed by atoms with E-state index in [1.807, 2.05) is 24.3 Å². The minimum atomic E-state index is -0.599. The third-order valence-electron chi connectivity index (χ3n) is 4.07. The zero-order valence-electron chi connectivity index (χ0n) is 14.8. The highest BCUT2D eigenvalue weighted by Crippen LogP contribution is 2.20. The Morgan fingerprint density at radius 3 is 2.64 bits per heavy atom. The molecule has 0 aliphatic heterocycles. The fraction of sp³-hybridized carbons (Fsp3) is 0.0909. The molecule has 0 aliphatic rings. The number of carbonyl (C=O) groups excluding carboxylic acids is 1. The summed E-state index contributed by atoms with van der Waals surface area (Å²) < 4.78 is 39.6. The number of amides is 1. The molecule has 1 aromatic heterocycles. The number of nitrogens with zero attached hydrogens (tertiary/aromatic N) is 1. The highest BCUT2D eigenvalue weighted by Gasteiger charge is 2.03. The number of rotatable bonds is 6. The molecule has 142 valence electrons. The average Bonchev–Trinajstić information content (AvgIpc) is 2.69.